The lowest BCUT2D eigenvalue weighted by atomic mass is 10.0. The van der Waals surface area contributed by atoms with Crippen molar-refractivity contribution in [3.63, 3.8) is 0 Å². The third-order valence-electron chi connectivity index (χ3n) is 4.98. The Morgan fingerprint density at radius 1 is 0.900 bits per heavy atom. The molecule has 1 heterocycles. The minimum absolute atomic E-state index is 0.114. The van der Waals surface area contributed by atoms with E-state index in [0.717, 1.165) is 22.1 Å². The Bertz CT molecular complexity index is 1120. The third-order valence-corrected chi connectivity index (χ3v) is 4.98. The van der Waals surface area contributed by atoms with Crippen LogP contribution in [0, 0.1) is 0 Å². The Morgan fingerprint density at radius 3 is 2.37 bits per heavy atom. The monoisotopic (exact) mass is 401 g/mol. The summed E-state index contributed by atoms with van der Waals surface area (Å²) in [5.41, 5.74) is 2.58. The largest absolute Gasteiger partial charge is 0.493 e. The van der Waals surface area contributed by atoms with Gasteiger partial charge >= 0.3 is 0 Å². The zero-order chi connectivity index (χ0) is 20.9. The van der Waals surface area contributed by atoms with Gasteiger partial charge in [0.2, 0.25) is 5.91 Å². The predicted octanol–water partition coefficient (Wildman–Crippen LogP) is 4.90. The molecule has 0 radical (unpaired) electrons. The van der Waals surface area contributed by atoms with E-state index < -0.39 is 0 Å². The molecule has 4 rings (SSSR count). The fraction of sp³-hybridized carbons (Fsp3) is 0.160. The summed E-state index contributed by atoms with van der Waals surface area (Å²) < 4.78 is 16.7. The van der Waals surface area contributed by atoms with E-state index in [9.17, 15) is 4.79 Å². The van der Waals surface area contributed by atoms with Gasteiger partial charge in [-0.1, -0.05) is 54.6 Å². The smallest absolute Gasteiger partial charge is 0.225 e. The molecule has 0 spiro atoms. The first-order valence-electron chi connectivity index (χ1n) is 9.71. The highest BCUT2D eigenvalue weighted by Gasteiger charge is 2.21. The molecule has 0 aliphatic carbocycles. The van der Waals surface area contributed by atoms with Crippen molar-refractivity contribution >= 4 is 16.9 Å². The van der Waals surface area contributed by atoms with Crippen molar-refractivity contribution in [1.82, 2.24) is 5.32 Å². The maximum absolute atomic E-state index is 12.9. The van der Waals surface area contributed by atoms with E-state index >= 15 is 0 Å². The number of nitrogens with one attached hydrogen (secondary N) is 1. The van der Waals surface area contributed by atoms with Crippen molar-refractivity contribution in [2.75, 3.05) is 14.2 Å². The molecule has 1 N–H and O–H groups in total. The van der Waals surface area contributed by atoms with Crippen LogP contribution in [0.3, 0.4) is 0 Å². The van der Waals surface area contributed by atoms with Crippen molar-refractivity contribution in [3.8, 4) is 11.5 Å². The molecule has 0 aliphatic heterocycles. The van der Waals surface area contributed by atoms with Crippen LogP contribution in [0.4, 0.5) is 0 Å². The Kier molecular flexibility index (Phi) is 5.70. The SMILES string of the molecule is COc1ccc(CC(=O)NC(c2ccccc2)c2cc3ccccc3o2)cc1OC. The number of furan rings is 1. The van der Waals surface area contributed by atoms with Crippen LogP contribution in [0.5, 0.6) is 11.5 Å². The Morgan fingerprint density at radius 2 is 1.63 bits per heavy atom. The van der Waals surface area contributed by atoms with Gasteiger partial charge in [0, 0.05) is 5.39 Å². The number of hydrogen-bond acceptors (Lipinski definition) is 4. The molecule has 4 aromatic rings. The summed E-state index contributed by atoms with van der Waals surface area (Å²) in [5, 5.41) is 4.12. The first kappa shape index (κ1) is 19.6. The van der Waals surface area contributed by atoms with Crippen LogP contribution in [0.1, 0.15) is 22.9 Å². The highest BCUT2D eigenvalue weighted by molar-refractivity contribution is 5.81. The quantitative estimate of drug-likeness (QED) is 0.479. The maximum Gasteiger partial charge on any atom is 0.225 e. The highest BCUT2D eigenvalue weighted by Crippen LogP contribution is 2.30. The Hall–Kier alpha value is -3.73. The van der Waals surface area contributed by atoms with Crippen molar-refractivity contribution in [2.45, 2.75) is 12.5 Å². The third kappa shape index (κ3) is 4.15. The second kappa shape index (κ2) is 8.74. The van der Waals surface area contributed by atoms with Gasteiger partial charge in [-0.25, -0.2) is 0 Å². The van der Waals surface area contributed by atoms with Crippen molar-refractivity contribution in [1.29, 1.82) is 0 Å². The molecule has 5 nitrogen and oxygen atoms in total. The molecule has 0 fully saturated rings. The van der Waals surface area contributed by atoms with Gasteiger partial charge < -0.3 is 19.2 Å². The molecule has 0 aliphatic rings. The molecule has 1 aromatic heterocycles. The molecular formula is C25H23NO4. The van der Waals surface area contributed by atoms with Gasteiger partial charge in [-0.2, -0.15) is 0 Å². The van der Waals surface area contributed by atoms with Gasteiger partial charge in [0.15, 0.2) is 11.5 Å². The summed E-state index contributed by atoms with van der Waals surface area (Å²) in [6.45, 7) is 0. The second-order valence-electron chi connectivity index (χ2n) is 6.96. The molecule has 0 saturated carbocycles. The number of benzene rings is 3. The van der Waals surface area contributed by atoms with E-state index in [0.29, 0.717) is 17.3 Å². The number of carbonyl (C=O) groups is 1. The summed E-state index contributed by atoms with van der Waals surface area (Å²) in [5.74, 6) is 1.81. The maximum atomic E-state index is 12.9. The second-order valence-corrected chi connectivity index (χ2v) is 6.96. The van der Waals surface area contributed by atoms with Crippen LogP contribution in [0.15, 0.2) is 83.3 Å². The van der Waals surface area contributed by atoms with Crippen LogP contribution < -0.4 is 14.8 Å². The number of fused-ring (bicyclic) bond motifs is 1. The van der Waals surface area contributed by atoms with Crippen LogP contribution in [0.25, 0.3) is 11.0 Å². The number of hydrogen-bond donors (Lipinski definition) is 1. The summed E-state index contributed by atoms with van der Waals surface area (Å²) >= 11 is 0. The number of methoxy groups -OCH3 is 2. The first-order valence-corrected chi connectivity index (χ1v) is 9.71. The fourth-order valence-electron chi connectivity index (χ4n) is 3.50. The van der Waals surface area contributed by atoms with Crippen LogP contribution in [-0.2, 0) is 11.2 Å². The number of rotatable bonds is 7. The Balaban J connectivity index is 1.60. The van der Waals surface area contributed by atoms with Crippen LogP contribution in [-0.4, -0.2) is 20.1 Å². The molecule has 1 amide bonds. The molecule has 3 aromatic carbocycles. The minimum atomic E-state index is -0.383. The lowest BCUT2D eigenvalue weighted by molar-refractivity contribution is -0.121. The van der Waals surface area contributed by atoms with Crippen molar-refractivity contribution in [3.05, 3.63) is 95.7 Å². The normalized spacial score (nSPS) is 11.8. The van der Waals surface area contributed by atoms with Gasteiger partial charge in [0.05, 0.1) is 20.6 Å². The molecule has 152 valence electrons. The summed E-state index contributed by atoms with van der Waals surface area (Å²) in [6.07, 6.45) is 0.212. The van der Waals surface area contributed by atoms with Crippen LogP contribution >= 0.6 is 0 Å². The average Bonchev–Trinajstić information content (AvgIpc) is 3.22. The van der Waals surface area contributed by atoms with E-state index in [-0.39, 0.29) is 18.4 Å². The Labute approximate surface area is 175 Å². The van der Waals surface area contributed by atoms with E-state index in [1.807, 2.05) is 72.8 Å². The summed E-state index contributed by atoms with van der Waals surface area (Å²) in [7, 11) is 3.16. The standard InChI is InChI=1S/C25H23NO4/c1-28-21-13-12-17(14-22(21)29-2)15-24(27)26-25(18-8-4-3-5-9-18)23-16-19-10-6-7-11-20(19)30-23/h3-14,16,25H,15H2,1-2H3,(H,26,27). The zero-order valence-corrected chi connectivity index (χ0v) is 16.9. The molecule has 1 unspecified atom stereocenters. The van der Waals surface area contributed by atoms with E-state index in [4.69, 9.17) is 13.9 Å². The lowest BCUT2D eigenvalue weighted by Gasteiger charge is -2.17. The number of amides is 1. The zero-order valence-electron chi connectivity index (χ0n) is 16.9. The summed E-state index contributed by atoms with van der Waals surface area (Å²) in [6, 6.07) is 24.7. The van der Waals surface area contributed by atoms with Gasteiger partial charge in [-0.3, -0.25) is 4.79 Å². The van der Waals surface area contributed by atoms with Gasteiger partial charge in [0.25, 0.3) is 0 Å². The number of ether oxygens (including phenoxy) is 2. The van der Waals surface area contributed by atoms with E-state index in [1.54, 1.807) is 20.3 Å². The molecule has 1 atom stereocenters. The first-order chi connectivity index (χ1) is 14.7. The lowest BCUT2D eigenvalue weighted by Crippen LogP contribution is -2.30. The average molecular weight is 401 g/mol. The van der Waals surface area contributed by atoms with Gasteiger partial charge in [-0.05, 0) is 35.4 Å². The fourth-order valence-corrected chi connectivity index (χ4v) is 3.50. The highest BCUT2D eigenvalue weighted by atomic mass is 16.5. The summed E-state index contributed by atoms with van der Waals surface area (Å²) in [4.78, 5) is 12.9. The van der Waals surface area contributed by atoms with Crippen LogP contribution in [0.2, 0.25) is 0 Å². The topological polar surface area (TPSA) is 60.7 Å². The van der Waals surface area contributed by atoms with Crippen molar-refractivity contribution < 1.29 is 18.7 Å². The predicted molar refractivity (Wildman–Crippen MR) is 116 cm³/mol. The van der Waals surface area contributed by atoms with Gasteiger partial charge in [-0.15, -0.1) is 0 Å². The molecule has 30 heavy (non-hydrogen) atoms. The molecule has 0 saturated heterocycles. The van der Waals surface area contributed by atoms with Crippen molar-refractivity contribution in [2.24, 2.45) is 0 Å². The minimum Gasteiger partial charge on any atom is -0.493 e. The number of carbonyl (C=O) groups excluding carboxylic acids is 1. The number of para-hydroxylation sites is 1. The van der Waals surface area contributed by atoms with E-state index in [1.165, 1.54) is 0 Å². The molecule has 0 bridgehead atoms. The van der Waals surface area contributed by atoms with E-state index in [2.05, 4.69) is 5.32 Å². The van der Waals surface area contributed by atoms with Gasteiger partial charge in [0.1, 0.15) is 17.4 Å². The molecular weight excluding hydrogens is 378 g/mol. The molecule has 5 heteroatoms.